The largest absolute Gasteiger partial charge is 0.376 e. The molecule has 0 spiro atoms. The van der Waals surface area contributed by atoms with Gasteiger partial charge in [0.1, 0.15) is 0 Å². The van der Waals surface area contributed by atoms with Crippen molar-refractivity contribution in [3.8, 4) is 0 Å². The van der Waals surface area contributed by atoms with Gasteiger partial charge < -0.3 is 15.4 Å². The lowest BCUT2D eigenvalue weighted by molar-refractivity contribution is -0.122. The van der Waals surface area contributed by atoms with Gasteiger partial charge in [0.25, 0.3) is 0 Å². The minimum absolute atomic E-state index is 0.0295. The third-order valence-corrected chi connectivity index (χ3v) is 6.40. The van der Waals surface area contributed by atoms with Crippen molar-refractivity contribution < 1.29 is 14.3 Å². The average Bonchev–Trinajstić information content (AvgIpc) is 2.99. The summed E-state index contributed by atoms with van der Waals surface area (Å²) in [7, 11) is 0. The second-order valence-corrected chi connectivity index (χ2v) is 9.39. The van der Waals surface area contributed by atoms with Crippen LogP contribution < -0.4 is 10.6 Å². The number of hydrogen-bond donors (Lipinski definition) is 2. The standard InChI is InChI=1S/C23H34N2O3/c1-21(2)17-23(14-16-28-21,18-7-5-4-6-8-18)13-15-24-19(26)9-11-22(3)12-10-20(27)25-22/h4-8H,9-17H2,1-3H3,(H,24,26)(H,25,27)/t22-,23-/m0/s1. The molecule has 0 saturated carbocycles. The Morgan fingerprint density at radius 3 is 2.54 bits per heavy atom. The molecule has 5 heteroatoms. The molecule has 5 nitrogen and oxygen atoms in total. The molecule has 3 rings (SSSR count). The van der Waals surface area contributed by atoms with Crippen LogP contribution in [0.3, 0.4) is 0 Å². The molecule has 2 N–H and O–H groups in total. The van der Waals surface area contributed by atoms with Crippen LogP contribution in [0.15, 0.2) is 30.3 Å². The van der Waals surface area contributed by atoms with Crippen molar-refractivity contribution >= 4 is 11.8 Å². The predicted molar refractivity (Wildman–Crippen MR) is 110 cm³/mol. The van der Waals surface area contributed by atoms with E-state index in [1.54, 1.807) is 0 Å². The Morgan fingerprint density at radius 1 is 1.14 bits per heavy atom. The van der Waals surface area contributed by atoms with Crippen LogP contribution in [0.1, 0.15) is 71.3 Å². The summed E-state index contributed by atoms with van der Waals surface area (Å²) >= 11 is 0. The highest BCUT2D eigenvalue weighted by Crippen LogP contribution is 2.43. The quantitative estimate of drug-likeness (QED) is 0.754. The first-order chi connectivity index (χ1) is 13.2. The maximum atomic E-state index is 12.4. The molecule has 0 aromatic heterocycles. The van der Waals surface area contributed by atoms with Gasteiger partial charge in [-0.2, -0.15) is 0 Å². The summed E-state index contributed by atoms with van der Waals surface area (Å²) in [6.45, 7) is 7.73. The number of amides is 2. The van der Waals surface area contributed by atoms with Crippen molar-refractivity contribution in [3.05, 3.63) is 35.9 Å². The molecule has 0 bridgehead atoms. The van der Waals surface area contributed by atoms with Gasteiger partial charge in [0.15, 0.2) is 0 Å². The zero-order valence-corrected chi connectivity index (χ0v) is 17.5. The lowest BCUT2D eigenvalue weighted by atomic mass is 9.67. The number of ether oxygens (including phenoxy) is 1. The third kappa shape index (κ3) is 5.13. The Labute approximate surface area is 168 Å². The van der Waals surface area contributed by atoms with Gasteiger partial charge in [0.2, 0.25) is 11.8 Å². The van der Waals surface area contributed by atoms with Gasteiger partial charge in [-0.05, 0) is 58.4 Å². The van der Waals surface area contributed by atoms with Crippen molar-refractivity contribution in [2.75, 3.05) is 13.2 Å². The molecule has 2 amide bonds. The number of benzene rings is 1. The van der Waals surface area contributed by atoms with Gasteiger partial charge in [-0.1, -0.05) is 30.3 Å². The van der Waals surface area contributed by atoms with Crippen LogP contribution in [0.25, 0.3) is 0 Å². The highest BCUT2D eigenvalue weighted by Gasteiger charge is 2.41. The van der Waals surface area contributed by atoms with Crippen LogP contribution in [0.4, 0.5) is 0 Å². The summed E-state index contributed by atoms with van der Waals surface area (Å²) < 4.78 is 5.96. The van der Waals surface area contributed by atoms with E-state index in [1.165, 1.54) is 5.56 Å². The van der Waals surface area contributed by atoms with E-state index in [-0.39, 0.29) is 28.4 Å². The molecule has 28 heavy (non-hydrogen) atoms. The summed E-state index contributed by atoms with van der Waals surface area (Å²) in [6, 6.07) is 10.6. The maximum absolute atomic E-state index is 12.4. The van der Waals surface area contributed by atoms with Gasteiger partial charge in [0, 0.05) is 36.9 Å². The SMILES string of the molecule is CC1(C)C[C@@](CCNC(=O)CC[C@@]2(C)CCC(=O)N2)(c2ccccc2)CCO1. The Kier molecular flexibility index (Phi) is 6.13. The normalized spacial score (nSPS) is 29.3. The van der Waals surface area contributed by atoms with E-state index in [0.717, 1.165) is 32.3 Å². The van der Waals surface area contributed by atoms with Crippen LogP contribution >= 0.6 is 0 Å². The van der Waals surface area contributed by atoms with E-state index in [0.29, 0.717) is 25.8 Å². The number of rotatable bonds is 7. The van der Waals surface area contributed by atoms with Crippen molar-refractivity contribution in [1.29, 1.82) is 0 Å². The summed E-state index contributed by atoms with van der Waals surface area (Å²) in [5, 5.41) is 6.11. The highest BCUT2D eigenvalue weighted by molar-refractivity contribution is 5.80. The summed E-state index contributed by atoms with van der Waals surface area (Å²) in [4.78, 5) is 23.8. The van der Waals surface area contributed by atoms with E-state index in [4.69, 9.17) is 4.74 Å². The molecule has 2 aliphatic rings. The smallest absolute Gasteiger partial charge is 0.220 e. The Bertz CT molecular complexity index is 703. The molecular formula is C23H34N2O3. The lowest BCUT2D eigenvalue weighted by Crippen LogP contribution is -2.45. The molecule has 1 aromatic carbocycles. The first-order valence-corrected chi connectivity index (χ1v) is 10.5. The zero-order valence-electron chi connectivity index (χ0n) is 17.5. The third-order valence-electron chi connectivity index (χ3n) is 6.40. The average molecular weight is 387 g/mol. The summed E-state index contributed by atoms with van der Waals surface area (Å²) in [5.74, 6) is 0.159. The molecule has 2 fully saturated rings. The van der Waals surface area contributed by atoms with E-state index in [9.17, 15) is 9.59 Å². The van der Waals surface area contributed by atoms with Crippen molar-refractivity contribution in [2.24, 2.45) is 0 Å². The molecule has 2 atom stereocenters. The first kappa shape index (κ1) is 20.8. The Hall–Kier alpha value is -1.88. The number of nitrogens with one attached hydrogen (secondary N) is 2. The first-order valence-electron chi connectivity index (χ1n) is 10.5. The van der Waals surface area contributed by atoms with Crippen LogP contribution in [0, 0.1) is 0 Å². The summed E-state index contributed by atoms with van der Waals surface area (Å²) in [5.41, 5.74) is 0.973. The van der Waals surface area contributed by atoms with E-state index >= 15 is 0 Å². The zero-order chi connectivity index (χ0) is 20.3. The molecular weight excluding hydrogens is 352 g/mol. The fraction of sp³-hybridized carbons (Fsp3) is 0.652. The van der Waals surface area contributed by atoms with Gasteiger partial charge in [-0.3, -0.25) is 9.59 Å². The van der Waals surface area contributed by atoms with Gasteiger partial charge in [-0.25, -0.2) is 0 Å². The maximum Gasteiger partial charge on any atom is 0.220 e. The van der Waals surface area contributed by atoms with E-state index < -0.39 is 0 Å². The number of carbonyl (C=O) groups excluding carboxylic acids is 2. The van der Waals surface area contributed by atoms with Crippen molar-refractivity contribution in [3.63, 3.8) is 0 Å². The second-order valence-electron chi connectivity index (χ2n) is 9.39. The van der Waals surface area contributed by atoms with E-state index in [2.05, 4.69) is 48.7 Å². The Balaban J connectivity index is 1.55. The van der Waals surface area contributed by atoms with Gasteiger partial charge in [-0.15, -0.1) is 0 Å². The van der Waals surface area contributed by atoms with Gasteiger partial charge in [0.05, 0.1) is 5.60 Å². The molecule has 0 radical (unpaired) electrons. The molecule has 2 heterocycles. The van der Waals surface area contributed by atoms with Crippen molar-refractivity contribution in [2.45, 2.75) is 82.3 Å². The van der Waals surface area contributed by atoms with Crippen LogP contribution in [0.2, 0.25) is 0 Å². The number of carbonyl (C=O) groups is 2. The minimum atomic E-state index is -0.232. The molecule has 0 aliphatic carbocycles. The highest BCUT2D eigenvalue weighted by atomic mass is 16.5. The number of hydrogen-bond acceptors (Lipinski definition) is 3. The van der Waals surface area contributed by atoms with Crippen LogP contribution in [-0.2, 0) is 19.7 Å². The Morgan fingerprint density at radius 2 is 1.89 bits per heavy atom. The fourth-order valence-electron chi connectivity index (χ4n) is 4.83. The molecule has 2 saturated heterocycles. The molecule has 2 aliphatic heterocycles. The molecule has 154 valence electrons. The lowest BCUT2D eigenvalue weighted by Gasteiger charge is -2.45. The minimum Gasteiger partial charge on any atom is -0.376 e. The van der Waals surface area contributed by atoms with Crippen molar-refractivity contribution in [1.82, 2.24) is 10.6 Å². The van der Waals surface area contributed by atoms with Crippen LogP contribution in [0.5, 0.6) is 0 Å². The summed E-state index contributed by atoms with van der Waals surface area (Å²) in [6.07, 6.45) is 5.34. The monoisotopic (exact) mass is 386 g/mol. The molecule has 0 unspecified atom stereocenters. The predicted octanol–water partition coefficient (Wildman–Crippen LogP) is 3.47. The van der Waals surface area contributed by atoms with Crippen LogP contribution in [-0.4, -0.2) is 36.1 Å². The molecule has 1 aromatic rings. The fourth-order valence-corrected chi connectivity index (χ4v) is 4.83. The van der Waals surface area contributed by atoms with E-state index in [1.807, 2.05) is 13.0 Å². The second kappa shape index (κ2) is 8.24. The van der Waals surface area contributed by atoms with Gasteiger partial charge >= 0.3 is 0 Å². The topological polar surface area (TPSA) is 67.4 Å².